The van der Waals surface area contributed by atoms with Crippen LogP contribution in [0.2, 0.25) is 0 Å². The predicted molar refractivity (Wildman–Crippen MR) is 101 cm³/mol. The lowest BCUT2D eigenvalue weighted by atomic mass is 10.1. The number of anilines is 2. The average Bonchev–Trinajstić information content (AvgIpc) is 2.54. The molecule has 1 rings (SSSR count). The molecular weight excluding hydrogens is 382 g/mol. The van der Waals surface area contributed by atoms with Gasteiger partial charge in [-0.15, -0.1) is 46.4 Å². The molecule has 4 nitrogen and oxygen atoms in total. The second-order valence-electron chi connectivity index (χ2n) is 4.77. The molecule has 0 unspecified atom stereocenters. The van der Waals surface area contributed by atoms with E-state index in [1.165, 1.54) is 0 Å². The second-order valence-corrected chi connectivity index (χ2v) is 6.29. The minimum atomic E-state index is -0.985. The van der Waals surface area contributed by atoms with Crippen molar-refractivity contribution in [1.82, 2.24) is 0 Å². The van der Waals surface area contributed by atoms with Gasteiger partial charge in [0.1, 0.15) is 0 Å². The number of hydrogen-bond donors (Lipinski definition) is 1. The molecule has 0 amide bonds. The first kappa shape index (κ1) is 20.5. The number of nitrogens with zero attached hydrogens (tertiary/aromatic N) is 2. The van der Waals surface area contributed by atoms with Crippen LogP contribution in [0.4, 0.5) is 11.4 Å². The first-order valence-corrected chi connectivity index (χ1v) is 9.33. The molecule has 0 spiro atoms. The number of benzene rings is 1. The minimum Gasteiger partial charge on any atom is -0.478 e. The van der Waals surface area contributed by atoms with Crippen molar-refractivity contribution in [2.45, 2.75) is 0 Å². The molecule has 0 aliphatic heterocycles. The summed E-state index contributed by atoms with van der Waals surface area (Å²) >= 11 is 23.4. The maximum atomic E-state index is 11.4. The number of alkyl halides is 4. The molecule has 0 aliphatic carbocycles. The van der Waals surface area contributed by atoms with Crippen LogP contribution in [0, 0.1) is 0 Å². The molecule has 0 radical (unpaired) electrons. The highest BCUT2D eigenvalue weighted by Gasteiger charge is 2.15. The molecule has 1 N–H and O–H groups in total. The average molecular weight is 402 g/mol. The maximum Gasteiger partial charge on any atom is 0.335 e. The van der Waals surface area contributed by atoms with Gasteiger partial charge < -0.3 is 14.9 Å². The molecular formula is C15H20Cl4N2O2. The summed E-state index contributed by atoms with van der Waals surface area (Å²) in [5.74, 6) is 0.724. The Morgan fingerprint density at radius 2 is 1.13 bits per heavy atom. The zero-order chi connectivity index (χ0) is 17.2. The largest absolute Gasteiger partial charge is 0.478 e. The standard InChI is InChI=1S/C15H20Cl4N2O2/c16-1-5-20(6-2-17)13-9-12(15(22)23)10-14(11-13)21(7-3-18)8-4-19/h9-11H,1-8H2,(H,22,23). The molecule has 0 bridgehead atoms. The third-order valence-electron chi connectivity index (χ3n) is 3.30. The molecule has 1 aromatic carbocycles. The van der Waals surface area contributed by atoms with Gasteiger partial charge in [-0.2, -0.15) is 0 Å². The molecule has 0 fully saturated rings. The highest BCUT2D eigenvalue weighted by Crippen LogP contribution is 2.26. The molecule has 130 valence electrons. The topological polar surface area (TPSA) is 43.8 Å². The quantitative estimate of drug-likeness (QED) is 0.570. The van der Waals surface area contributed by atoms with E-state index in [-0.39, 0.29) is 5.56 Å². The highest BCUT2D eigenvalue weighted by atomic mass is 35.5. The number of rotatable bonds is 11. The van der Waals surface area contributed by atoms with Crippen molar-refractivity contribution in [3.63, 3.8) is 0 Å². The summed E-state index contributed by atoms with van der Waals surface area (Å²) in [6, 6.07) is 5.18. The van der Waals surface area contributed by atoms with Gasteiger partial charge in [-0.05, 0) is 18.2 Å². The third kappa shape index (κ3) is 6.46. The van der Waals surface area contributed by atoms with Crippen LogP contribution in [-0.2, 0) is 0 Å². The van der Waals surface area contributed by atoms with Crippen molar-refractivity contribution in [3.05, 3.63) is 23.8 Å². The van der Waals surface area contributed by atoms with Gasteiger partial charge in [-0.1, -0.05) is 0 Å². The van der Waals surface area contributed by atoms with Crippen molar-refractivity contribution in [2.75, 3.05) is 59.5 Å². The van der Waals surface area contributed by atoms with E-state index in [0.29, 0.717) is 49.7 Å². The summed E-state index contributed by atoms with van der Waals surface area (Å²) in [6.07, 6.45) is 0. The number of carbonyl (C=O) groups is 1. The molecule has 0 aliphatic rings. The molecule has 0 saturated heterocycles. The van der Waals surface area contributed by atoms with Gasteiger partial charge in [-0.25, -0.2) is 4.79 Å². The lowest BCUT2D eigenvalue weighted by Crippen LogP contribution is -2.30. The van der Waals surface area contributed by atoms with E-state index < -0.39 is 5.97 Å². The Hall–Kier alpha value is -0.550. The number of carboxylic acids is 1. The monoisotopic (exact) mass is 400 g/mol. The van der Waals surface area contributed by atoms with Crippen LogP contribution in [-0.4, -0.2) is 60.8 Å². The van der Waals surface area contributed by atoms with Crippen LogP contribution in [0.1, 0.15) is 10.4 Å². The van der Waals surface area contributed by atoms with Gasteiger partial charge in [-0.3, -0.25) is 0 Å². The van der Waals surface area contributed by atoms with Gasteiger partial charge in [0.05, 0.1) is 5.56 Å². The fourth-order valence-electron chi connectivity index (χ4n) is 2.23. The fourth-order valence-corrected chi connectivity index (χ4v) is 3.05. The lowest BCUT2D eigenvalue weighted by molar-refractivity contribution is 0.0697. The summed E-state index contributed by atoms with van der Waals surface area (Å²) in [5.41, 5.74) is 1.76. The Morgan fingerprint density at radius 1 is 0.783 bits per heavy atom. The van der Waals surface area contributed by atoms with Crippen LogP contribution in [0.3, 0.4) is 0 Å². The molecule has 0 heterocycles. The van der Waals surface area contributed by atoms with Crippen molar-refractivity contribution in [3.8, 4) is 0 Å². The highest BCUT2D eigenvalue weighted by molar-refractivity contribution is 6.19. The Labute approximate surface area is 156 Å². The third-order valence-corrected chi connectivity index (χ3v) is 3.97. The van der Waals surface area contributed by atoms with Gasteiger partial charge in [0.2, 0.25) is 0 Å². The van der Waals surface area contributed by atoms with Crippen LogP contribution in [0.25, 0.3) is 0 Å². The van der Waals surface area contributed by atoms with Crippen LogP contribution >= 0.6 is 46.4 Å². The molecule has 0 aromatic heterocycles. The summed E-state index contributed by atoms with van der Waals surface area (Å²) in [7, 11) is 0. The van der Waals surface area contributed by atoms with Crippen molar-refractivity contribution < 1.29 is 9.90 Å². The van der Waals surface area contributed by atoms with E-state index in [1.807, 2.05) is 15.9 Å². The van der Waals surface area contributed by atoms with Crippen molar-refractivity contribution in [2.24, 2.45) is 0 Å². The fraction of sp³-hybridized carbons (Fsp3) is 0.533. The SMILES string of the molecule is O=C(O)c1cc(N(CCCl)CCCl)cc(N(CCCl)CCCl)c1. The summed E-state index contributed by atoms with van der Waals surface area (Å²) in [5, 5.41) is 9.38. The van der Waals surface area contributed by atoms with Gasteiger partial charge in [0.25, 0.3) is 0 Å². The zero-order valence-corrected chi connectivity index (χ0v) is 15.7. The van der Waals surface area contributed by atoms with E-state index >= 15 is 0 Å². The lowest BCUT2D eigenvalue weighted by Gasteiger charge is -2.28. The number of carboxylic acid groups (broad SMARTS) is 1. The van der Waals surface area contributed by atoms with Crippen molar-refractivity contribution in [1.29, 1.82) is 0 Å². The minimum absolute atomic E-state index is 0.209. The first-order valence-electron chi connectivity index (χ1n) is 7.19. The van der Waals surface area contributed by atoms with E-state index in [1.54, 1.807) is 12.1 Å². The Morgan fingerprint density at radius 3 is 1.39 bits per heavy atom. The number of aromatic carboxylic acids is 1. The predicted octanol–water partition coefficient (Wildman–Crippen LogP) is 3.95. The number of halogens is 4. The van der Waals surface area contributed by atoms with Gasteiger partial charge >= 0.3 is 5.97 Å². The Balaban J connectivity index is 3.26. The van der Waals surface area contributed by atoms with E-state index in [0.717, 1.165) is 11.4 Å². The maximum absolute atomic E-state index is 11.4. The van der Waals surface area contributed by atoms with E-state index in [9.17, 15) is 9.90 Å². The summed E-state index contributed by atoms with van der Waals surface area (Å²) in [6.45, 7) is 2.34. The van der Waals surface area contributed by atoms with E-state index in [4.69, 9.17) is 46.4 Å². The Bertz CT molecular complexity index is 456. The molecule has 0 atom stereocenters. The van der Waals surface area contributed by atoms with Gasteiger partial charge in [0, 0.05) is 61.1 Å². The smallest absolute Gasteiger partial charge is 0.335 e. The zero-order valence-electron chi connectivity index (χ0n) is 12.7. The van der Waals surface area contributed by atoms with Crippen molar-refractivity contribution >= 4 is 63.7 Å². The normalized spacial score (nSPS) is 10.6. The summed E-state index contributed by atoms with van der Waals surface area (Å²) < 4.78 is 0. The molecule has 8 heteroatoms. The molecule has 1 aromatic rings. The van der Waals surface area contributed by atoms with Crippen LogP contribution < -0.4 is 9.80 Å². The van der Waals surface area contributed by atoms with Crippen LogP contribution in [0.5, 0.6) is 0 Å². The van der Waals surface area contributed by atoms with Crippen LogP contribution in [0.15, 0.2) is 18.2 Å². The first-order chi connectivity index (χ1) is 11.1. The number of hydrogen-bond acceptors (Lipinski definition) is 3. The Kier molecular flexibility index (Phi) is 9.88. The van der Waals surface area contributed by atoms with E-state index in [2.05, 4.69) is 0 Å². The van der Waals surface area contributed by atoms with Gasteiger partial charge in [0.15, 0.2) is 0 Å². The molecule has 0 saturated carbocycles. The second kappa shape index (κ2) is 11.1. The molecule has 23 heavy (non-hydrogen) atoms. The summed E-state index contributed by atoms with van der Waals surface area (Å²) in [4.78, 5) is 15.4.